The van der Waals surface area contributed by atoms with Crippen LogP contribution in [0.25, 0.3) is 17.0 Å². The van der Waals surface area contributed by atoms with Crippen molar-refractivity contribution in [1.82, 2.24) is 4.57 Å². The second kappa shape index (κ2) is 7.68. The number of amides is 2. The second-order valence-corrected chi connectivity index (χ2v) is 7.99. The van der Waals surface area contributed by atoms with E-state index in [2.05, 4.69) is 6.92 Å². The molecule has 2 heterocycles. The van der Waals surface area contributed by atoms with Gasteiger partial charge >= 0.3 is 0 Å². The summed E-state index contributed by atoms with van der Waals surface area (Å²) in [6.45, 7) is 2.16. The van der Waals surface area contributed by atoms with Gasteiger partial charge in [-0.3, -0.25) is 9.59 Å². The summed E-state index contributed by atoms with van der Waals surface area (Å²) in [5.41, 5.74) is 3.89. The quantitative estimate of drug-likeness (QED) is 0.520. The molecule has 4 rings (SSSR count). The van der Waals surface area contributed by atoms with Crippen molar-refractivity contribution in [2.24, 2.45) is 7.05 Å². The van der Waals surface area contributed by atoms with E-state index >= 15 is 0 Å². The van der Waals surface area contributed by atoms with Crippen LogP contribution in [-0.4, -0.2) is 15.7 Å². The monoisotopic (exact) mass is 390 g/mol. The van der Waals surface area contributed by atoms with E-state index in [0.717, 1.165) is 47.5 Å². The molecule has 1 aliphatic heterocycles. The molecule has 1 fully saturated rings. The predicted molar refractivity (Wildman–Crippen MR) is 116 cm³/mol. The van der Waals surface area contributed by atoms with Gasteiger partial charge in [-0.2, -0.15) is 0 Å². The number of carbonyl (C=O) groups is 2. The predicted octanol–water partition coefficient (Wildman–Crippen LogP) is 5.76. The van der Waals surface area contributed by atoms with Crippen molar-refractivity contribution in [2.75, 3.05) is 4.90 Å². The summed E-state index contributed by atoms with van der Waals surface area (Å²) >= 11 is 0.997. The summed E-state index contributed by atoms with van der Waals surface area (Å²) in [6.07, 6.45) is 7.10. The smallest absolute Gasteiger partial charge is 0.298 e. The van der Waals surface area contributed by atoms with E-state index in [-0.39, 0.29) is 11.1 Å². The zero-order chi connectivity index (χ0) is 19.7. The van der Waals surface area contributed by atoms with Crippen LogP contribution in [0.15, 0.2) is 59.6 Å². The summed E-state index contributed by atoms with van der Waals surface area (Å²) < 4.78 is 2.03. The maximum atomic E-state index is 12.9. The van der Waals surface area contributed by atoms with Crippen LogP contribution >= 0.6 is 11.8 Å². The lowest BCUT2D eigenvalue weighted by Gasteiger charge is -2.13. The second-order valence-electron chi connectivity index (χ2n) is 7.00. The fourth-order valence-corrected chi connectivity index (χ4v) is 4.34. The van der Waals surface area contributed by atoms with Gasteiger partial charge in [-0.05, 0) is 54.4 Å². The van der Waals surface area contributed by atoms with Crippen LogP contribution in [0.4, 0.5) is 10.5 Å². The third-order valence-corrected chi connectivity index (χ3v) is 5.89. The van der Waals surface area contributed by atoms with E-state index in [1.54, 1.807) is 0 Å². The molecular formula is C23H22N2O2S. The van der Waals surface area contributed by atoms with Gasteiger partial charge in [0.15, 0.2) is 0 Å². The van der Waals surface area contributed by atoms with Gasteiger partial charge in [0.2, 0.25) is 0 Å². The standard InChI is InChI=1S/C23H22N2O2S/c1-3-4-7-16-10-12-18(13-11-16)25-22(26)21(28-23(25)27)14-17-15-24(2)20-9-6-5-8-19(17)20/h5-6,8-15H,3-4,7H2,1-2H3/b21-14-. The van der Waals surface area contributed by atoms with Crippen molar-refractivity contribution in [2.45, 2.75) is 26.2 Å². The number of hydrogen-bond acceptors (Lipinski definition) is 3. The van der Waals surface area contributed by atoms with Crippen molar-refractivity contribution in [3.8, 4) is 0 Å². The molecule has 0 saturated carbocycles. The van der Waals surface area contributed by atoms with E-state index in [9.17, 15) is 9.59 Å². The van der Waals surface area contributed by atoms with Crippen molar-refractivity contribution in [3.63, 3.8) is 0 Å². The van der Waals surface area contributed by atoms with Gasteiger partial charge in [0, 0.05) is 29.7 Å². The first-order valence-corrected chi connectivity index (χ1v) is 10.3. The van der Waals surface area contributed by atoms with Gasteiger partial charge in [-0.1, -0.05) is 43.7 Å². The van der Waals surface area contributed by atoms with Gasteiger partial charge in [-0.15, -0.1) is 0 Å². The molecule has 0 unspecified atom stereocenters. The van der Waals surface area contributed by atoms with E-state index in [1.807, 2.05) is 72.4 Å². The Balaban J connectivity index is 1.62. The fraction of sp³-hybridized carbons (Fsp3) is 0.217. The number of aryl methyl sites for hydroxylation is 2. The average molecular weight is 391 g/mol. The van der Waals surface area contributed by atoms with Crippen molar-refractivity contribution < 1.29 is 9.59 Å². The number of unbranched alkanes of at least 4 members (excludes halogenated alkanes) is 1. The summed E-state index contributed by atoms with van der Waals surface area (Å²) in [7, 11) is 1.98. The van der Waals surface area contributed by atoms with Gasteiger partial charge in [0.1, 0.15) is 0 Å². The van der Waals surface area contributed by atoms with E-state index < -0.39 is 0 Å². The minimum Gasteiger partial charge on any atom is -0.350 e. The Hall–Kier alpha value is -2.79. The summed E-state index contributed by atoms with van der Waals surface area (Å²) in [6, 6.07) is 15.8. The lowest BCUT2D eigenvalue weighted by Crippen LogP contribution is -2.27. The normalized spacial score (nSPS) is 15.9. The molecule has 1 aromatic heterocycles. The van der Waals surface area contributed by atoms with Gasteiger partial charge < -0.3 is 4.57 Å². The number of fused-ring (bicyclic) bond motifs is 1. The molecule has 2 amide bonds. The highest BCUT2D eigenvalue weighted by Gasteiger charge is 2.36. The Morgan fingerprint density at radius 1 is 1.04 bits per heavy atom. The van der Waals surface area contributed by atoms with Crippen LogP contribution in [0.3, 0.4) is 0 Å². The number of aromatic nitrogens is 1. The molecular weight excluding hydrogens is 368 g/mol. The third kappa shape index (κ3) is 3.38. The molecule has 0 aliphatic carbocycles. The first kappa shape index (κ1) is 18.6. The zero-order valence-corrected chi connectivity index (χ0v) is 16.8. The number of nitrogens with zero attached hydrogens (tertiary/aromatic N) is 2. The fourth-order valence-electron chi connectivity index (χ4n) is 3.51. The number of hydrogen-bond donors (Lipinski definition) is 0. The average Bonchev–Trinajstić information content (AvgIpc) is 3.17. The number of thioether (sulfide) groups is 1. The first-order chi connectivity index (χ1) is 13.6. The highest BCUT2D eigenvalue weighted by atomic mass is 32.2. The summed E-state index contributed by atoms with van der Waals surface area (Å²) in [5.74, 6) is -0.260. The first-order valence-electron chi connectivity index (χ1n) is 9.49. The highest BCUT2D eigenvalue weighted by molar-refractivity contribution is 8.19. The maximum Gasteiger partial charge on any atom is 0.298 e. The molecule has 1 aliphatic rings. The molecule has 0 radical (unpaired) electrons. The number of rotatable bonds is 5. The highest BCUT2D eigenvalue weighted by Crippen LogP contribution is 2.37. The minimum atomic E-state index is -0.260. The van der Waals surface area contributed by atoms with Crippen molar-refractivity contribution in [1.29, 1.82) is 0 Å². The number of imide groups is 1. The van der Waals surface area contributed by atoms with E-state index in [1.165, 1.54) is 10.5 Å². The number of para-hydroxylation sites is 1. The molecule has 0 bridgehead atoms. The summed E-state index contributed by atoms with van der Waals surface area (Å²) in [5, 5.41) is 0.815. The molecule has 5 heteroatoms. The molecule has 0 spiro atoms. The topological polar surface area (TPSA) is 42.3 Å². The zero-order valence-electron chi connectivity index (χ0n) is 16.0. The van der Waals surface area contributed by atoms with Crippen molar-refractivity contribution >= 4 is 45.6 Å². The van der Waals surface area contributed by atoms with Crippen LogP contribution in [0, 0.1) is 0 Å². The van der Waals surface area contributed by atoms with Crippen LogP contribution in [0.1, 0.15) is 30.9 Å². The van der Waals surface area contributed by atoms with Crippen LogP contribution < -0.4 is 4.90 Å². The Morgan fingerprint density at radius 3 is 2.54 bits per heavy atom. The van der Waals surface area contributed by atoms with Crippen molar-refractivity contribution in [3.05, 3.63) is 70.8 Å². The lowest BCUT2D eigenvalue weighted by atomic mass is 10.1. The maximum absolute atomic E-state index is 12.9. The lowest BCUT2D eigenvalue weighted by molar-refractivity contribution is -0.113. The Labute approximate surface area is 168 Å². The Kier molecular flexibility index (Phi) is 5.09. The number of carbonyl (C=O) groups excluding carboxylic acids is 2. The minimum absolute atomic E-state index is 0.252. The van der Waals surface area contributed by atoms with E-state index in [0.29, 0.717) is 10.6 Å². The molecule has 2 aromatic carbocycles. The van der Waals surface area contributed by atoms with Crippen LogP contribution in [0.5, 0.6) is 0 Å². The Morgan fingerprint density at radius 2 is 1.79 bits per heavy atom. The number of anilines is 1. The Bertz CT molecular complexity index is 1080. The molecule has 4 nitrogen and oxygen atoms in total. The molecule has 0 N–H and O–H groups in total. The molecule has 1 saturated heterocycles. The van der Waals surface area contributed by atoms with Gasteiger partial charge in [0.05, 0.1) is 10.6 Å². The van der Waals surface area contributed by atoms with E-state index in [4.69, 9.17) is 0 Å². The molecule has 0 atom stereocenters. The SMILES string of the molecule is CCCCc1ccc(N2C(=O)S/C(=C\c3cn(C)c4ccccc34)C2=O)cc1. The van der Waals surface area contributed by atoms with Gasteiger partial charge in [-0.25, -0.2) is 4.90 Å². The summed E-state index contributed by atoms with van der Waals surface area (Å²) in [4.78, 5) is 27.2. The third-order valence-electron chi connectivity index (χ3n) is 5.02. The molecule has 142 valence electrons. The largest absolute Gasteiger partial charge is 0.350 e. The van der Waals surface area contributed by atoms with Gasteiger partial charge in [0.25, 0.3) is 11.1 Å². The molecule has 3 aromatic rings. The number of benzene rings is 2. The van der Waals surface area contributed by atoms with Crippen LogP contribution in [0.2, 0.25) is 0 Å². The molecule has 28 heavy (non-hydrogen) atoms. The van der Waals surface area contributed by atoms with Crippen LogP contribution in [-0.2, 0) is 18.3 Å².